The van der Waals surface area contributed by atoms with Gasteiger partial charge in [-0.2, -0.15) is 13.2 Å². The molecule has 1 aliphatic carbocycles. The minimum Gasteiger partial charge on any atom is -0.480 e. The van der Waals surface area contributed by atoms with Crippen LogP contribution in [-0.2, 0) is 20.4 Å². The number of anilines is 2. The second kappa shape index (κ2) is 11.1. The molecule has 1 aromatic heterocycles. The normalized spacial score (nSPS) is 18.5. The number of carboxylic acids is 1. The standard InChI is InChI=1S/C22H24F3N3O5/c23-22(24,25)18-10-27-19(11-26-18)28(17-4-2-1-3-5-17)21(31)33-13-16-8-6-15(7-9-16)12-32-14-20(29)30/h1-5,10-11,15-16H,6-9,12-14H2,(H,29,30). The number of aliphatic carboxylic acids is 1. The van der Waals surface area contributed by atoms with Gasteiger partial charge in [0.25, 0.3) is 0 Å². The number of carbonyl (C=O) groups excluding carboxylic acids is 1. The van der Waals surface area contributed by atoms with E-state index in [0.717, 1.165) is 36.8 Å². The van der Waals surface area contributed by atoms with Gasteiger partial charge in [-0.25, -0.2) is 24.5 Å². The van der Waals surface area contributed by atoms with Crippen molar-refractivity contribution in [3.05, 3.63) is 48.4 Å². The van der Waals surface area contributed by atoms with Gasteiger partial charge in [-0.05, 0) is 49.7 Å². The van der Waals surface area contributed by atoms with E-state index < -0.39 is 23.9 Å². The van der Waals surface area contributed by atoms with Gasteiger partial charge in [0.2, 0.25) is 0 Å². The minimum absolute atomic E-state index is 0.0847. The van der Waals surface area contributed by atoms with Crippen LogP contribution in [0.3, 0.4) is 0 Å². The number of amides is 1. The van der Waals surface area contributed by atoms with E-state index in [4.69, 9.17) is 14.6 Å². The van der Waals surface area contributed by atoms with Gasteiger partial charge in [0, 0.05) is 0 Å². The number of aromatic nitrogens is 2. The second-order valence-electron chi connectivity index (χ2n) is 7.80. The fourth-order valence-corrected chi connectivity index (χ4v) is 3.62. The van der Waals surface area contributed by atoms with Crippen molar-refractivity contribution in [2.45, 2.75) is 31.9 Å². The van der Waals surface area contributed by atoms with Crippen molar-refractivity contribution in [2.24, 2.45) is 11.8 Å². The van der Waals surface area contributed by atoms with Gasteiger partial charge in [0.15, 0.2) is 11.5 Å². The molecule has 0 atom stereocenters. The second-order valence-corrected chi connectivity index (χ2v) is 7.80. The Kier molecular flexibility index (Phi) is 8.21. The molecule has 3 rings (SSSR count). The molecule has 0 unspecified atom stereocenters. The molecular weight excluding hydrogens is 443 g/mol. The van der Waals surface area contributed by atoms with Gasteiger partial charge in [-0.1, -0.05) is 18.2 Å². The lowest BCUT2D eigenvalue weighted by Gasteiger charge is -2.29. The van der Waals surface area contributed by atoms with Crippen LogP contribution >= 0.6 is 0 Å². The van der Waals surface area contributed by atoms with Crippen molar-refractivity contribution in [1.29, 1.82) is 0 Å². The molecule has 1 N–H and O–H groups in total. The highest BCUT2D eigenvalue weighted by Crippen LogP contribution is 2.31. The van der Waals surface area contributed by atoms with Gasteiger partial charge >= 0.3 is 18.2 Å². The fourth-order valence-electron chi connectivity index (χ4n) is 3.62. The molecule has 1 heterocycles. The Morgan fingerprint density at radius 2 is 1.64 bits per heavy atom. The van der Waals surface area contributed by atoms with Gasteiger partial charge in [-0.15, -0.1) is 0 Å². The lowest BCUT2D eigenvalue weighted by molar-refractivity contribution is -0.143. The van der Waals surface area contributed by atoms with Crippen LogP contribution < -0.4 is 4.90 Å². The number of rotatable bonds is 8. The van der Waals surface area contributed by atoms with Crippen LogP contribution in [0.5, 0.6) is 0 Å². The van der Waals surface area contributed by atoms with Crippen molar-refractivity contribution in [2.75, 3.05) is 24.7 Å². The number of para-hydroxylation sites is 1. The van der Waals surface area contributed by atoms with Crippen molar-refractivity contribution in [1.82, 2.24) is 9.97 Å². The SMILES string of the molecule is O=C(O)COCC1CCC(COC(=O)N(c2ccccc2)c2cnc(C(F)(F)F)cn2)CC1. The Labute approximate surface area is 188 Å². The smallest absolute Gasteiger partial charge is 0.434 e. The van der Waals surface area contributed by atoms with E-state index in [1.54, 1.807) is 30.3 Å². The lowest BCUT2D eigenvalue weighted by atomic mass is 9.83. The summed E-state index contributed by atoms with van der Waals surface area (Å²) in [7, 11) is 0. The predicted octanol–water partition coefficient (Wildman–Crippen LogP) is 4.68. The maximum Gasteiger partial charge on any atom is 0.434 e. The maximum atomic E-state index is 12.9. The van der Waals surface area contributed by atoms with Gasteiger partial charge < -0.3 is 14.6 Å². The molecule has 0 saturated heterocycles. The van der Waals surface area contributed by atoms with Crippen molar-refractivity contribution >= 4 is 23.6 Å². The Morgan fingerprint density at radius 1 is 1.00 bits per heavy atom. The first-order valence-corrected chi connectivity index (χ1v) is 10.4. The zero-order valence-electron chi connectivity index (χ0n) is 17.7. The van der Waals surface area contributed by atoms with Gasteiger partial charge in [0.05, 0.1) is 31.3 Å². The average molecular weight is 467 g/mol. The van der Waals surface area contributed by atoms with Crippen LogP contribution in [0.4, 0.5) is 29.5 Å². The Bertz CT molecular complexity index is 917. The molecule has 1 amide bonds. The van der Waals surface area contributed by atoms with Crippen LogP contribution in [0.1, 0.15) is 31.4 Å². The Hall–Kier alpha value is -3.21. The topological polar surface area (TPSA) is 102 Å². The third-order valence-corrected chi connectivity index (χ3v) is 5.34. The van der Waals surface area contributed by atoms with E-state index in [9.17, 15) is 22.8 Å². The molecule has 33 heavy (non-hydrogen) atoms. The molecule has 0 aliphatic heterocycles. The summed E-state index contributed by atoms with van der Waals surface area (Å²) in [4.78, 5) is 31.6. The Balaban J connectivity index is 1.60. The zero-order chi connectivity index (χ0) is 23.8. The number of hydrogen-bond acceptors (Lipinski definition) is 6. The average Bonchev–Trinajstić information content (AvgIpc) is 2.79. The molecule has 0 bridgehead atoms. The van der Waals surface area contributed by atoms with E-state index in [1.165, 1.54) is 0 Å². The van der Waals surface area contributed by atoms with E-state index in [-0.39, 0.29) is 30.9 Å². The number of carboxylic acid groups (broad SMARTS) is 1. The predicted molar refractivity (Wildman–Crippen MR) is 111 cm³/mol. The summed E-state index contributed by atoms with van der Waals surface area (Å²) in [5.74, 6) is -0.699. The minimum atomic E-state index is -4.64. The number of hydrogen-bond donors (Lipinski definition) is 1. The molecule has 11 heteroatoms. The molecule has 178 valence electrons. The highest BCUT2D eigenvalue weighted by Gasteiger charge is 2.33. The first-order chi connectivity index (χ1) is 15.7. The molecule has 1 aliphatic rings. The summed E-state index contributed by atoms with van der Waals surface area (Å²) < 4.78 is 49.1. The summed E-state index contributed by atoms with van der Waals surface area (Å²) in [6.07, 6.45) is -0.697. The summed E-state index contributed by atoms with van der Waals surface area (Å²) in [6.45, 7) is 0.214. The molecule has 0 spiro atoms. The molecule has 1 fully saturated rings. The van der Waals surface area contributed by atoms with Crippen LogP contribution in [-0.4, -0.2) is 47.0 Å². The van der Waals surface area contributed by atoms with Crippen LogP contribution in [0.2, 0.25) is 0 Å². The van der Waals surface area contributed by atoms with Gasteiger partial charge in [0.1, 0.15) is 6.61 Å². The number of ether oxygens (including phenoxy) is 2. The Morgan fingerprint density at radius 3 is 2.18 bits per heavy atom. The summed E-state index contributed by atoms with van der Waals surface area (Å²) in [5.41, 5.74) is -0.771. The number of halogens is 3. The fraction of sp³-hybridized carbons (Fsp3) is 0.455. The van der Waals surface area contributed by atoms with Crippen LogP contribution in [0, 0.1) is 11.8 Å². The highest BCUT2D eigenvalue weighted by atomic mass is 19.4. The van der Waals surface area contributed by atoms with Crippen molar-refractivity contribution in [3.8, 4) is 0 Å². The monoisotopic (exact) mass is 467 g/mol. The van der Waals surface area contributed by atoms with Crippen LogP contribution in [0.15, 0.2) is 42.7 Å². The molecule has 1 saturated carbocycles. The van der Waals surface area contributed by atoms with Gasteiger partial charge in [-0.3, -0.25) is 0 Å². The molecular formula is C22H24F3N3O5. The van der Waals surface area contributed by atoms with Crippen molar-refractivity contribution in [3.63, 3.8) is 0 Å². The molecule has 2 aromatic rings. The van der Waals surface area contributed by atoms with E-state index in [0.29, 0.717) is 18.5 Å². The lowest BCUT2D eigenvalue weighted by Crippen LogP contribution is -2.30. The summed E-state index contributed by atoms with van der Waals surface area (Å²) in [5, 5.41) is 8.63. The maximum absolute atomic E-state index is 12.9. The third-order valence-electron chi connectivity index (χ3n) is 5.34. The number of alkyl halides is 3. The summed E-state index contributed by atoms with van der Waals surface area (Å²) >= 11 is 0. The molecule has 0 radical (unpaired) electrons. The number of nitrogens with zero attached hydrogens (tertiary/aromatic N) is 3. The first-order valence-electron chi connectivity index (χ1n) is 10.4. The third kappa shape index (κ3) is 7.14. The highest BCUT2D eigenvalue weighted by molar-refractivity contribution is 5.94. The molecule has 8 nitrogen and oxygen atoms in total. The van der Waals surface area contributed by atoms with Crippen molar-refractivity contribution < 1.29 is 37.3 Å². The van der Waals surface area contributed by atoms with E-state index >= 15 is 0 Å². The quantitative estimate of drug-likeness (QED) is 0.602. The molecule has 1 aromatic carbocycles. The summed E-state index contributed by atoms with van der Waals surface area (Å²) in [6, 6.07) is 8.33. The zero-order valence-corrected chi connectivity index (χ0v) is 17.7. The number of carbonyl (C=O) groups is 2. The number of benzene rings is 1. The van der Waals surface area contributed by atoms with E-state index in [1.807, 2.05) is 0 Å². The van der Waals surface area contributed by atoms with Crippen LogP contribution in [0.25, 0.3) is 0 Å². The van der Waals surface area contributed by atoms with E-state index in [2.05, 4.69) is 9.97 Å². The first kappa shape index (κ1) is 24.4. The largest absolute Gasteiger partial charge is 0.480 e.